The molecule has 0 aliphatic carbocycles. The summed E-state index contributed by atoms with van der Waals surface area (Å²) in [6, 6.07) is 5.43. The van der Waals surface area contributed by atoms with Crippen LogP contribution in [0, 0.1) is 11.8 Å². The molecule has 3 amide bonds. The molecule has 3 saturated heterocycles. The van der Waals surface area contributed by atoms with Crippen LogP contribution < -0.4 is 4.90 Å². The predicted octanol–water partition coefficient (Wildman–Crippen LogP) is 3.43. The zero-order valence-electron chi connectivity index (χ0n) is 22.2. The van der Waals surface area contributed by atoms with Crippen LogP contribution in [0.1, 0.15) is 39.5 Å². The molecule has 6 atom stereocenters. The average molecular weight is 544 g/mol. The van der Waals surface area contributed by atoms with Gasteiger partial charge in [0.25, 0.3) is 5.91 Å². The number of aliphatic hydroxyl groups excluding tert-OH is 1. The number of hydrogen-bond donors (Lipinski definition) is 1. The van der Waals surface area contributed by atoms with Crippen LogP contribution in [0.3, 0.4) is 0 Å². The van der Waals surface area contributed by atoms with Crippen LogP contribution in [-0.4, -0.2) is 82.7 Å². The molecule has 8 nitrogen and oxygen atoms in total. The highest BCUT2D eigenvalue weighted by molar-refractivity contribution is 6.34. The topological polar surface area (TPSA) is 90.4 Å². The first-order valence-corrected chi connectivity index (χ1v) is 13.9. The maximum absolute atomic E-state index is 14.5. The van der Waals surface area contributed by atoms with E-state index in [0.717, 1.165) is 6.42 Å². The van der Waals surface area contributed by atoms with Crippen molar-refractivity contribution in [3.63, 3.8) is 0 Å². The van der Waals surface area contributed by atoms with Crippen LogP contribution in [0.2, 0.25) is 5.02 Å². The third kappa shape index (κ3) is 4.46. The number of nitrogens with zero attached hydrogens (tertiary/aromatic N) is 3. The number of benzene rings is 1. The zero-order valence-corrected chi connectivity index (χ0v) is 23.0. The summed E-state index contributed by atoms with van der Waals surface area (Å²) in [6.45, 7) is 12.3. The van der Waals surface area contributed by atoms with E-state index in [-0.39, 0.29) is 30.9 Å². The quantitative estimate of drug-likeness (QED) is 0.408. The number of ether oxygens (including phenoxy) is 1. The molecule has 3 aliphatic rings. The summed E-state index contributed by atoms with van der Waals surface area (Å²) in [7, 11) is 0. The Kier molecular flexibility index (Phi) is 8.65. The molecule has 1 N–H and O–H groups in total. The molecular weight excluding hydrogens is 506 g/mol. The molecule has 1 aromatic carbocycles. The van der Waals surface area contributed by atoms with Gasteiger partial charge in [-0.15, -0.1) is 13.2 Å². The molecule has 3 heterocycles. The van der Waals surface area contributed by atoms with Crippen LogP contribution >= 0.6 is 11.6 Å². The fourth-order valence-corrected chi connectivity index (χ4v) is 6.88. The molecule has 2 unspecified atom stereocenters. The molecule has 0 aromatic heterocycles. The predicted molar refractivity (Wildman–Crippen MR) is 147 cm³/mol. The van der Waals surface area contributed by atoms with Gasteiger partial charge in [-0.1, -0.05) is 49.7 Å². The van der Waals surface area contributed by atoms with E-state index in [4.69, 9.17) is 16.3 Å². The van der Waals surface area contributed by atoms with Gasteiger partial charge < -0.3 is 24.5 Å². The number of fused-ring (bicyclic) bond motifs is 1. The molecule has 206 valence electrons. The van der Waals surface area contributed by atoms with Crippen LogP contribution in [0.15, 0.2) is 49.6 Å². The number of carbonyl (C=O) groups is 3. The lowest BCUT2D eigenvalue weighted by Gasteiger charge is -2.39. The van der Waals surface area contributed by atoms with E-state index in [1.54, 1.807) is 41.3 Å². The Morgan fingerprint density at radius 1 is 1.24 bits per heavy atom. The van der Waals surface area contributed by atoms with Crippen molar-refractivity contribution in [2.75, 3.05) is 31.1 Å². The van der Waals surface area contributed by atoms with Gasteiger partial charge in [-0.05, 0) is 37.8 Å². The van der Waals surface area contributed by atoms with Crippen molar-refractivity contribution in [2.45, 2.75) is 63.3 Å². The fourth-order valence-electron chi connectivity index (χ4n) is 6.64. The van der Waals surface area contributed by atoms with E-state index < -0.39 is 35.6 Å². The highest BCUT2D eigenvalue weighted by Crippen LogP contribution is 2.59. The van der Waals surface area contributed by atoms with Crippen molar-refractivity contribution in [3.8, 4) is 0 Å². The lowest BCUT2D eigenvalue weighted by atomic mass is 9.70. The molecule has 9 heteroatoms. The van der Waals surface area contributed by atoms with Gasteiger partial charge in [-0.2, -0.15) is 0 Å². The molecule has 3 fully saturated rings. The summed E-state index contributed by atoms with van der Waals surface area (Å²) < 4.78 is 6.57. The van der Waals surface area contributed by atoms with E-state index in [0.29, 0.717) is 43.1 Å². The SMILES string of the molecule is C=CCN(CCC)C(=O)[C@@H]1[C@@H]2CCC3(O2)C(C(=O)N(CC=C)c2ccccc2Cl)N([C@@H](CC)CO)C(=O)[C@H]13. The molecular formula is C29H38ClN3O5. The van der Waals surface area contributed by atoms with Crippen LogP contribution in [0.25, 0.3) is 0 Å². The number of rotatable bonds is 12. The smallest absolute Gasteiger partial charge is 0.253 e. The summed E-state index contributed by atoms with van der Waals surface area (Å²) in [5.41, 5.74) is -0.655. The fraction of sp³-hybridized carbons (Fsp3) is 0.552. The highest BCUT2D eigenvalue weighted by Gasteiger charge is 2.75. The summed E-state index contributed by atoms with van der Waals surface area (Å²) >= 11 is 6.50. The number of amides is 3. The summed E-state index contributed by atoms with van der Waals surface area (Å²) in [4.78, 5) is 47.3. The summed E-state index contributed by atoms with van der Waals surface area (Å²) in [5.74, 6) is -2.30. The number of hydrogen-bond acceptors (Lipinski definition) is 5. The Morgan fingerprint density at radius 3 is 2.55 bits per heavy atom. The summed E-state index contributed by atoms with van der Waals surface area (Å²) in [6.07, 6.45) is 5.12. The lowest BCUT2D eigenvalue weighted by molar-refractivity contribution is -0.147. The second kappa shape index (κ2) is 11.6. The maximum Gasteiger partial charge on any atom is 0.253 e. The minimum absolute atomic E-state index is 0.143. The average Bonchev–Trinajstić information content (AvgIpc) is 3.55. The molecule has 0 saturated carbocycles. The van der Waals surface area contributed by atoms with E-state index in [9.17, 15) is 19.5 Å². The first-order chi connectivity index (χ1) is 18.3. The Labute approximate surface area is 229 Å². The van der Waals surface area contributed by atoms with E-state index in [1.807, 2.05) is 13.8 Å². The van der Waals surface area contributed by atoms with Gasteiger partial charge in [-0.25, -0.2) is 0 Å². The normalized spacial score (nSPS) is 28.2. The Morgan fingerprint density at radius 2 is 1.95 bits per heavy atom. The van der Waals surface area contributed by atoms with Crippen LogP contribution in [-0.2, 0) is 19.1 Å². The second-order valence-electron chi connectivity index (χ2n) is 10.3. The third-order valence-corrected chi connectivity index (χ3v) is 8.53. The van der Waals surface area contributed by atoms with Gasteiger partial charge in [0.1, 0.15) is 11.6 Å². The number of anilines is 1. The minimum atomic E-state index is -1.16. The standard InChI is InChI=1S/C29H38ClN3O5/c1-5-15-31(16-6-2)26(35)23-22-13-14-29(38-22)24(23)27(36)33(19(8-4)18-34)25(29)28(37)32(17-7-3)21-12-10-9-11-20(21)30/h5,7,9-12,19,22-25,34H,1,3,6,8,13-18H2,2,4H3/t19-,22-,23+,24-,25?,29?/m0/s1. The number of halogens is 1. The van der Waals surface area contributed by atoms with Crippen molar-refractivity contribution in [3.05, 3.63) is 54.6 Å². The van der Waals surface area contributed by atoms with Gasteiger partial charge in [0, 0.05) is 19.6 Å². The number of para-hydroxylation sites is 1. The zero-order chi connectivity index (χ0) is 27.6. The molecule has 4 rings (SSSR count). The largest absolute Gasteiger partial charge is 0.394 e. The lowest BCUT2D eigenvalue weighted by Crippen LogP contribution is -2.59. The molecule has 2 bridgehead atoms. The van der Waals surface area contributed by atoms with Crippen LogP contribution in [0.4, 0.5) is 5.69 Å². The van der Waals surface area contributed by atoms with Crippen molar-refractivity contribution in [2.24, 2.45) is 11.8 Å². The molecule has 38 heavy (non-hydrogen) atoms. The van der Waals surface area contributed by atoms with Gasteiger partial charge in [0.15, 0.2) is 0 Å². The third-order valence-electron chi connectivity index (χ3n) is 8.21. The molecule has 1 aromatic rings. The monoisotopic (exact) mass is 543 g/mol. The van der Waals surface area contributed by atoms with Gasteiger partial charge >= 0.3 is 0 Å². The van der Waals surface area contributed by atoms with E-state index in [1.165, 1.54) is 9.80 Å². The van der Waals surface area contributed by atoms with E-state index >= 15 is 0 Å². The van der Waals surface area contributed by atoms with Crippen molar-refractivity contribution >= 4 is 35.0 Å². The van der Waals surface area contributed by atoms with Crippen molar-refractivity contribution in [1.82, 2.24) is 9.80 Å². The van der Waals surface area contributed by atoms with E-state index in [2.05, 4.69) is 13.2 Å². The molecule has 0 radical (unpaired) electrons. The van der Waals surface area contributed by atoms with Crippen molar-refractivity contribution in [1.29, 1.82) is 0 Å². The minimum Gasteiger partial charge on any atom is -0.394 e. The number of carbonyl (C=O) groups excluding carboxylic acids is 3. The highest BCUT2D eigenvalue weighted by atomic mass is 35.5. The van der Waals surface area contributed by atoms with Gasteiger partial charge in [-0.3, -0.25) is 14.4 Å². The first kappa shape index (κ1) is 28.3. The molecule has 3 aliphatic heterocycles. The number of aliphatic hydroxyl groups is 1. The Balaban J connectivity index is 1.81. The first-order valence-electron chi connectivity index (χ1n) is 13.5. The Hall–Kier alpha value is -2.68. The van der Waals surface area contributed by atoms with Crippen molar-refractivity contribution < 1.29 is 24.2 Å². The summed E-state index contributed by atoms with van der Waals surface area (Å²) in [5, 5.41) is 10.7. The van der Waals surface area contributed by atoms with Gasteiger partial charge in [0.2, 0.25) is 11.8 Å². The molecule has 1 spiro atoms. The number of likely N-dealkylation sites (tertiary alicyclic amines) is 1. The second-order valence-corrected chi connectivity index (χ2v) is 10.7. The Bertz CT molecular complexity index is 1090. The van der Waals surface area contributed by atoms with Gasteiger partial charge in [0.05, 0.1) is 41.3 Å². The van der Waals surface area contributed by atoms with Crippen LogP contribution in [0.5, 0.6) is 0 Å². The maximum atomic E-state index is 14.5.